The van der Waals surface area contributed by atoms with E-state index in [4.69, 9.17) is 19.0 Å². The summed E-state index contributed by atoms with van der Waals surface area (Å²) in [5.41, 5.74) is 4.52. The number of carbonyl (C=O) groups excluding carboxylic acids is 1. The SMILES string of the molecule is CC(C)(C)OC(=O)NC(Cc1ccccc1)C(O)CNOC1CCCC1.Cc1ccc2c(c1)OCO2. The van der Waals surface area contributed by atoms with Gasteiger partial charge in [0.1, 0.15) is 5.60 Å². The Labute approximate surface area is 214 Å². The van der Waals surface area contributed by atoms with Gasteiger partial charge in [0.25, 0.3) is 0 Å². The van der Waals surface area contributed by atoms with Gasteiger partial charge in [-0.15, -0.1) is 0 Å². The van der Waals surface area contributed by atoms with E-state index in [0.29, 0.717) is 13.2 Å². The summed E-state index contributed by atoms with van der Waals surface area (Å²) in [6.45, 7) is 8.06. The molecular formula is C28H40N2O6. The Morgan fingerprint density at radius 1 is 1.08 bits per heavy atom. The van der Waals surface area contributed by atoms with E-state index >= 15 is 0 Å². The van der Waals surface area contributed by atoms with Crippen LogP contribution in [-0.2, 0) is 16.0 Å². The molecule has 0 radical (unpaired) electrons. The number of carbonyl (C=O) groups is 1. The van der Waals surface area contributed by atoms with Gasteiger partial charge in [0.05, 0.1) is 18.2 Å². The minimum atomic E-state index is -0.802. The number of fused-ring (bicyclic) bond motifs is 1. The second kappa shape index (κ2) is 13.5. The Morgan fingerprint density at radius 2 is 1.78 bits per heavy atom. The average molecular weight is 501 g/mol. The zero-order valence-electron chi connectivity index (χ0n) is 21.8. The molecule has 4 rings (SSSR count). The van der Waals surface area contributed by atoms with Gasteiger partial charge in [0.2, 0.25) is 6.79 Å². The fourth-order valence-corrected chi connectivity index (χ4v) is 4.01. The fourth-order valence-electron chi connectivity index (χ4n) is 4.01. The largest absolute Gasteiger partial charge is 0.454 e. The maximum absolute atomic E-state index is 12.2. The lowest BCUT2D eigenvalue weighted by molar-refractivity contribution is -0.0418. The van der Waals surface area contributed by atoms with Crippen LogP contribution in [0.2, 0.25) is 0 Å². The molecule has 8 heteroatoms. The predicted molar refractivity (Wildman–Crippen MR) is 138 cm³/mol. The van der Waals surface area contributed by atoms with Gasteiger partial charge >= 0.3 is 6.09 Å². The second-order valence-electron chi connectivity index (χ2n) is 10.2. The van der Waals surface area contributed by atoms with Crippen molar-refractivity contribution < 1.29 is 28.9 Å². The van der Waals surface area contributed by atoms with Gasteiger partial charge in [-0.05, 0) is 70.2 Å². The fraction of sp³-hybridized carbons (Fsp3) is 0.536. The van der Waals surface area contributed by atoms with Crippen molar-refractivity contribution in [1.82, 2.24) is 10.8 Å². The smallest absolute Gasteiger partial charge is 0.407 e. The van der Waals surface area contributed by atoms with Gasteiger partial charge in [-0.2, -0.15) is 5.48 Å². The average Bonchev–Trinajstić information content (AvgIpc) is 3.50. The van der Waals surface area contributed by atoms with E-state index in [-0.39, 0.29) is 12.6 Å². The lowest BCUT2D eigenvalue weighted by atomic mass is 10.0. The quantitative estimate of drug-likeness (QED) is 0.453. The maximum Gasteiger partial charge on any atom is 0.407 e. The van der Waals surface area contributed by atoms with Crippen molar-refractivity contribution in [2.24, 2.45) is 0 Å². The first-order chi connectivity index (χ1) is 17.2. The van der Waals surface area contributed by atoms with Crippen LogP contribution >= 0.6 is 0 Å². The van der Waals surface area contributed by atoms with Crippen LogP contribution in [0, 0.1) is 6.92 Å². The number of aryl methyl sites for hydroxylation is 1. The lowest BCUT2D eigenvalue weighted by Gasteiger charge is -2.27. The van der Waals surface area contributed by atoms with E-state index in [1.54, 1.807) is 0 Å². The van der Waals surface area contributed by atoms with Crippen LogP contribution in [-0.4, -0.2) is 48.4 Å². The first-order valence-electron chi connectivity index (χ1n) is 12.7. The number of rotatable bonds is 8. The lowest BCUT2D eigenvalue weighted by Crippen LogP contribution is -2.50. The van der Waals surface area contributed by atoms with Crippen molar-refractivity contribution in [1.29, 1.82) is 0 Å². The van der Waals surface area contributed by atoms with Gasteiger partial charge in [0.15, 0.2) is 11.5 Å². The Bertz CT molecular complexity index is 941. The first-order valence-corrected chi connectivity index (χ1v) is 12.7. The van der Waals surface area contributed by atoms with Crippen LogP contribution in [0.1, 0.15) is 57.6 Å². The van der Waals surface area contributed by atoms with Crippen molar-refractivity contribution in [3.63, 3.8) is 0 Å². The van der Waals surface area contributed by atoms with Gasteiger partial charge in [-0.1, -0.05) is 49.2 Å². The summed E-state index contributed by atoms with van der Waals surface area (Å²) in [6.07, 6.45) is 3.86. The number of benzene rings is 2. The summed E-state index contributed by atoms with van der Waals surface area (Å²) in [5, 5.41) is 13.4. The van der Waals surface area contributed by atoms with E-state index in [1.165, 1.54) is 18.4 Å². The molecule has 2 aromatic rings. The van der Waals surface area contributed by atoms with E-state index in [2.05, 4.69) is 10.8 Å². The van der Waals surface area contributed by atoms with Gasteiger partial charge in [0, 0.05) is 6.54 Å². The van der Waals surface area contributed by atoms with Crippen molar-refractivity contribution >= 4 is 6.09 Å². The molecule has 2 aliphatic rings. The number of ether oxygens (including phenoxy) is 3. The molecule has 1 aliphatic heterocycles. The van der Waals surface area contributed by atoms with E-state index in [1.807, 2.05) is 76.2 Å². The Hall–Kier alpha value is -2.81. The number of nitrogens with one attached hydrogen (secondary N) is 2. The molecule has 2 unspecified atom stereocenters. The number of hydrogen-bond donors (Lipinski definition) is 3. The van der Waals surface area contributed by atoms with Crippen LogP contribution in [0.15, 0.2) is 48.5 Å². The molecule has 0 saturated heterocycles. The molecule has 8 nitrogen and oxygen atoms in total. The summed E-state index contributed by atoms with van der Waals surface area (Å²) in [6, 6.07) is 15.2. The third kappa shape index (κ3) is 9.68. The number of aliphatic hydroxyl groups excluding tert-OH is 1. The highest BCUT2D eigenvalue weighted by atomic mass is 16.7. The summed E-state index contributed by atoms with van der Waals surface area (Å²) in [7, 11) is 0. The molecule has 1 heterocycles. The highest BCUT2D eigenvalue weighted by molar-refractivity contribution is 5.68. The van der Waals surface area contributed by atoms with Crippen molar-refractivity contribution in [2.45, 2.75) is 83.6 Å². The molecule has 3 N–H and O–H groups in total. The van der Waals surface area contributed by atoms with Crippen LogP contribution in [0.4, 0.5) is 4.79 Å². The molecule has 0 bridgehead atoms. The molecule has 0 aromatic heterocycles. The monoisotopic (exact) mass is 500 g/mol. The number of hydroxylamine groups is 1. The molecule has 36 heavy (non-hydrogen) atoms. The Kier molecular flexibility index (Phi) is 10.4. The Morgan fingerprint density at radius 3 is 2.47 bits per heavy atom. The molecule has 198 valence electrons. The highest BCUT2D eigenvalue weighted by Gasteiger charge is 2.25. The van der Waals surface area contributed by atoms with Gasteiger partial charge in [-0.3, -0.25) is 4.84 Å². The highest BCUT2D eigenvalue weighted by Crippen LogP contribution is 2.32. The molecule has 1 saturated carbocycles. The predicted octanol–water partition coefficient (Wildman–Crippen LogP) is 4.67. The minimum absolute atomic E-state index is 0.216. The molecule has 1 amide bonds. The number of aliphatic hydroxyl groups is 1. The molecule has 1 aliphatic carbocycles. The topological polar surface area (TPSA) is 98.3 Å². The Balaban J connectivity index is 0.000000297. The summed E-state index contributed by atoms with van der Waals surface area (Å²) < 4.78 is 15.6. The first kappa shape index (κ1) is 27.8. The molecule has 0 spiro atoms. The maximum atomic E-state index is 12.2. The van der Waals surface area contributed by atoms with E-state index < -0.39 is 23.8 Å². The van der Waals surface area contributed by atoms with E-state index in [9.17, 15) is 9.90 Å². The minimum Gasteiger partial charge on any atom is -0.454 e. The molecule has 1 fully saturated rings. The van der Waals surface area contributed by atoms with Crippen LogP contribution in [0.25, 0.3) is 0 Å². The van der Waals surface area contributed by atoms with Crippen LogP contribution in [0.3, 0.4) is 0 Å². The zero-order chi connectivity index (χ0) is 26.0. The normalized spacial score (nSPS) is 16.6. The van der Waals surface area contributed by atoms with Gasteiger partial charge < -0.3 is 24.6 Å². The summed E-state index contributed by atoms with van der Waals surface area (Å²) in [5.74, 6) is 1.71. The van der Waals surface area contributed by atoms with Crippen molar-refractivity contribution in [3.05, 3.63) is 59.7 Å². The van der Waals surface area contributed by atoms with Crippen LogP contribution < -0.4 is 20.3 Å². The second-order valence-corrected chi connectivity index (χ2v) is 10.2. The molecular weight excluding hydrogens is 460 g/mol. The van der Waals surface area contributed by atoms with Crippen LogP contribution in [0.5, 0.6) is 11.5 Å². The zero-order valence-corrected chi connectivity index (χ0v) is 21.8. The summed E-state index contributed by atoms with van der Waals surface area (Å²) >= 11 is 0. The number of alkyl carbamates (subject to hydrolysis) is 1. The standard InChI is InChI=1S/C20H32N2O4.C8H8O2/c1-20(2,3)25-19(24)22-17(13-15-9-5-4-6-10-15)18(23)14-21-26-16-11-7-8-12-16;1-6-2-3-7-8(4-6)10-5-9-7/h4-6,9-10,16-18,21,23H,7-8,11-14H2,1-3H3,(H,22,24);2-4H,5H2,1H3. The number of hydrogen-bond acceptors (Lipinski definition) is 7. The van der Waals surface area contributed by atoms with Crippen molar-refractivity contribution in [2.75, 3.05) is 13.3 Å². The summed E-state index contributed by atoms with van der Waals surface area (Å²) in [4.78, 5) is 17.8. The van der Waals surface area contributed by atoms with Gasteiger partial charge in [-0.25, -0.2) is 4.79 Å². The van der Waals surface area contributed by atoms with Crippen molar-refractivity contribution in [3.8, 4) is 11.5 Å². The van der Waals surface area contributed by atoms with E-state index in [0.717, 1.165) is 29.9 Å². The molecule has 2 aromatic carbocycles. The third-order valence-corrected chi connectivity index (χ3v) is 5.84. The third-order valence-electron chi connectivity index (χ3n) is 5.84. The molecule has 2 atom stereocenters. The number of amides is 1.